The molecule has 5 heteroatoms. The number of hydrogen-bond donors (Lipinski definition) is 0. The van der Waals surface area contributed by atoms with Crippen molar-refractivity contribution in [3.63, 3.8) is 0 Å². The van der Waals surface area contributed by atoms with E-state index in [2.05, 4.69) is 5.29 Å². The molecule has 0 N–H and O–H groups in total. The van der Waals surface area contributed by atoms with Gasteiger partial charge in [0.1, 0.15) is 0 Å². The second kappa shape index (κ2) is 4.61. The highest BCUT2D eigenvalue weighted by molar-refractivity contribution is 5.53. The Bertz CT molecular complexity index is 591. The smallest absolute Gasteiger partial charge is 0.161 e. The minimum Gasteiger partial charge on any atom is -0.493 e. The number of benzene rings is 1. The normalized spacial score (nSPS) is 22.7. The molecule has 0 heterocycles. The largest absolute Gasteiger partial charge is 0.493 e. The molecular weight excluding hydrogens is 220 g/mol. The second-order valence-corrected chi connectivity index (χ2v) is 3.69. The Balaban J connectivity index is 2.39. The molecule has 2 rings (SSSR count). The Kier molecular flexibility index (Phi) is 1.85. The minimum atomic E-state index is -2.95. The van der Waals surface area contributed by atoms with Crippen LogP contribution in [0.4, 0.5) is 0 Å². The fraction of sp³-hybridized carbons (Fsp3) is 0.500. The zero-order chi connectivity index (χ0) is 16.7. The van der Waals surface area contributed by atoms with Gasteiger partial charge in [-0.1, -0.05) is 0 Å². The molecule has 0 aromatic heterocycles. The summed E-state index contributed by atoms with van der Waals surface area (Å²) in [5, 5.41) is 2.38. The monoisotopic (exact) mass is 241 g/mol. The molecule has 0 unspecified atom stereocenters. The van der Waals surface area contributed by atoms with Gasteiger partial charge >= 0.3 is 0 Å². The summed E-state index contributed by atoms with van der Waals surface area (Å²) in [7, 11) is 2.95. The highest BCUT2D eigenvalue weighted by atomic mass is 16.5. The van der Waals surface area contributed by atoms with E-state index in [1.165, 1.54) is 14.2 Å². The Morgan fingerprint density at radius 2 is 2.24 bits per heavy atom. The second-order valence-electron chi connectivity index (χ2n) is 3.69. The molecule has 0 amide bonds. The third-order valence-electron chi connectivity index (χ3n) is 2.80. The lowest BCUT2D eigenvalue weighted by Gasteiger charge is -2.32. The fourth-order valence-corrected chi connectivity index (χ4v) is 1.92. The summed E-state index contributed by atoms with van der Waals surface area (Å²) in [5.41, 5.74) is 1.41. The molecule has 0 spiro atoms. The predicted molar refractivity (Wildman–Crippen MR) is 64.4 cm³/mol. The summed E-state index contributed by atoms with van der Waals surface area (Å²) < 4.78 is 48.1. The molecule has 0 saturated heterocycles. The summed E-state index contributed by atoms with van der Waals surface area (Å²) in [6, 6.07) is 3.32. The van der Waals surface area contributed by atoms with Gasteiger partial charge in [-0.2, -0.15) is 0 Å². The Labute approximate surface area is 107 Å². The topological polar surface area (TPSA) is 51.1 Å². The highest BCUT2D eigenvalue weighted by Gasteiger charge is 2.29. The van der Waals surface area contributed by atoms with Gasteiger partial charge < -0.3 is 9.47 Å². The van der Waals surface area contributed by atoms with Gasteiger partial charge in [0.15, 0.2) is 11.5 Å². The first-order valence-electron chi connectivity index (χ1n) is 7.55. The average Bonchev–Trinajstić information content (AvgIpc) is 2.38. The number of fused-ring (bicyclic) bond motifs is 1. The molecule has 1 aliphatic carbocycles. The quantitative estimate of drug-likeness (QED) is 0.584. The molecule has 0 bridgehead atoms. The van der Waals surface area contributed by atoms with Crippen LogP contribution in [0, 0.1) is 4.91 Å². The summed E-state index contributed by atoms with van der Waals surface area (Å²) >= 11 is 0. The maximum Gasteiger partial charge on any atom is 0.161 e. The van der Waals surface area contributed by atoms with Crippen molar-refractivity contribution in [2.75, 3.05) is 27.7 Å². The number of methoxy groups -OCH3 is 2. The minimum absolute atomic E-state index is 0.00428. The lowest BCUT2D eigenvalue weighted by molar-refractivity contribution is 0.306. The van der Waals surface area contributed by atoms with E-state index < -0.39 is 19.4 Å². The number of ether oxygens (including phenoxy) is 2. The maximum absolute atomic E-state index is 10.8. The average molecular weight is 241 g/mol. The van der Waals surface area contributed by atoms with E-state index in [-0.39, 0.29) is 11.4 Å². The van der Waals surface area contributed by atoms with Crippen molar-refractivity contribution in [1.82, 2.24) is 5.01 Å². The summed E-state index contributed by atoms with van der Waals surface area (Å²) in [6.07, 6.45) is 0.283. The molecule has 1 aliphatic rings. The SMILES string of the molecule is [2H]C([2H])([2H])N(N=O)C([2H])([2H])[C@H]1Cc2cc(OC)c(OC)cc21. The molecular formula is C12H16N2O3. The van der Waals surface area contributed by atoms with Gasteiger partial charge in [-0.3, -0.25) is 5.01 Å². The number of likely N-dealkylation sites (N-methyl/N-ethyl adjacent to an activating group) is 1. The number of nitroso groups, excluding NO2 is 1. The van der Waals surface area contributed by atoms with Crippen LogP contribution in [0.1, 0.15) is 23.9 Å². The third-order valence-corrected chi connectivity index (χ3v) is 2.80. The summed E-state index contributed by atoms with van der Waals surface area (Å²) in [5.74, 6) is 0.142. The van der Waals surface area contributed by atoms with Gasteiger partial charge in [0, 0.05) is 23.5 Å². The van der Waals surface area contributed by atoms with Crippen LogP contribution in [0.2, 0.25) is 0 Å². The van der Waals surface area contributed by atoms with E-state index in [1.54, 1.807) is 12.1 Å². The molecule has 0 fully saturated rings. The molecule has 1 aromatic carbocycles. The van der Waals surface area contributed by atoms with Crippen molar-refractivity contribution >= 4 is 0 Å². The molecule has 0 saturated carbocycles. The highest BCUT2D eigenvalue weighted by Crippen LogP contribution is 2.42. The van der Waals surface area contributed by atoms with Crippen LogP contribution in [0.25, 0.3) is 0 Å². The van der Waals surface area contributed by atoms with E-state index >= 15 is 0 Å². The van der Waals surface area contributed by atoms with Crippen molar-refractivity contribution in [2.24, 2.45) is 5.29 Å². The lowest BCUT2D eigenvalue weighted by atomic mass is 9.77. The van der Waals surface area contributed by atoms with E-state index in [0.29, 0.717) is 17.1 Å². The zero-order valence-corrected chi connectivity index (χ0v) is 9.56. The van der Waals surface area contributed by atoms with E-state index in [1.807, 2.05) is 0 Å². The van der Waals surface area contributed by atoms with Crippen LogP contribution in [0.3, 0.4) is 0 Å². The molecule has 92 valence electrons. The van der Waals surface area contributed by atoms with Gasteiger partial charge in [-0.15, -0.1) is 4.91 Å². The number of nitrogens with zero attached hydrogens (tertiary/aromatic N) is 2. The van der Waals surface area contributed by atoms with Gasteiger partial charge in [0.05, 0.1) is 22.2 Å². The van der Waals surface area contributed by atoms with Crippen LogP contribution >= 0.6 is 0 Å². The van der Waals surface area contributed by atoms with Crippen LogP contribution < -0.4 is 9.47 Å². The van der Waals surface area contributed by atoms with Crippen molar-refractivity contribution in [3.8, 4) is 11.5 Å². The first-order valence-corrected chi connectivity index (χ1v) is 5.05. The maximum atomic E-state index is 10.8. The number of hydrogen-bond acceptors (Lipinski definition) is 4. The first-order chi connectivity index (χ1) is 10.2. The van der Waals surface area contributed by atoms with Crippen LogP contribution in [-0.4, -0.2) is 32.7 Å². The Morgan fingerprint density at radius 1 is 1.53 bits per heavy atom. The van der Waals surface area contributed by atoms with Gasteiger partial charge in [-0.05, 0) is 29.7 Å². The predicted octanol–water partition coefficient (Wildman–Crippen LogP) is 1.96. The molecule has 17 heavy (non-hydrogen) atoms. The zero-order valence-electron chi connectivity index (χ0n) is 14.6. The number of rotatable bonds is 5. The van der Waals surface area contributed by atoms with E-state index in [9.17, 15) is 4.91 Å². The van der Waals surface area contributed by atoms with E-state index in [0.717, 1.165) is 5.56 Å². The third kappa shape index (κ3) is 2.05. The Morgan fingerprint density at radius 3 is 2.82 bits per heavy atom. The summed E-state index contributed by atoms with van der Waals surface area (Å²) in [4.78, 5) is 10.8. The van der Waals surface area contributed by atoms with Crippen LogP contribution in [-0.2, 0) is 6.42 Å². The summed E-state index contributed by atoms with van der Waals surface area (Å²) in [6.45, 7) is -5.38. The van der Waals surface area contributed by atoms with Gasteiger partial charge in [0.2, 0.25) is 0 Å². The Hall–Kier alpha value is -1.78. The van der Waals surface area contributed by atoms with Crippen molar-refractivity contribution in [3.05, 3.63) is 28.2 Å². The first kappa shape index (κ1) is 6.83. The molecule has 1 aromatic rings. The van der Waals surface area contributed by atoms with E-state index in [4.69, 9.17) is 16.3 Å². The molecule has 5 nitrogen and oxygen atoms in total. The standard InChI is InChI=1S/C12H16N2O3/c1-14(13-15)7-9-4-8-5-11(16-2)12(17-3)6-10(8)9/h5-6,9H,4,7H2,1-3H3/t9-/m1/s1/i1D3,7D2. The van der Waals surface area contributed by atoms with Crippen LogP contribution in [0.15, 0.2) is 17.4 Å². The van der Waals surface area contributed by atoms with Crippen molar-refractivity contribution < 1.29 is 16.3 Å². The lowest BCUT2D eigenvalue weighted by Crippen LogP contribution is -2.27. The van der Waals surface area contributed by atoms with Crippen molar-refractivity contribution in [2.45, 2.75) is 12.3 Å². The van der Waals surface area contributed by atoms with Gasteiger partial charge in [0.25, 0.3) is 0 Å². The fourth-order valence-electron chi connectivity index (χ4n) is 1.92. The molecule has 0 aliphatic heterocycles. The van der Waals surface area contributed by atoms with Crippen molar-refractivity contribution in [1.29, 1.82) is 0 Å². The molecule has 1 atom stereocenters. The molecule has 0 radical (unpaired) electrons. The van der Waals surface area contributed by atoms with Gasteiger partial charge in [-0.25, -0.2) is 0 Å². The van der Waals surface area contributed by atoms with Crippen LogP contribution in [0.5, 0.6) is 11.5 Å².